The lowest BCUT2D eigenvalue weighted by Gasteiger charge is -2.19. The van der Waals surface area contributed by atoms with Gasteiger partial charge in [0, 0.05) is 36.1 Å². The van der Waals surface area contributed by atoms with Crippen LogP contribution in [0.2, 0.25) is 0 Å². The summed E-state index contributed by atoms with van der Waals surface area (Å²) in [5.41, 5.74) is 3.48. The van der Waals surface area contributed by atoms with Crippen molar-refractivity contribution < 1.29 is 22.3 Å². The third-order valence-corrected chi connectivity index (χ3v) is 7.50. The number of ether oxygens (including phenoxy) is 1. The van der Waals surface area contributed by atoms with Crippen LogP contribution < -0.4 is 4.74 Å². The van der Waals surface area contributed by atoms with E-state index in [1.165, 1.54) is 29.3 Å². The van der Waals surface area contributed by atoms with Crippen molar-refractivity contribution in [3.8, 4) is 5.88 Å². The summed E-state index contributed by atoms with van der Waals surface area (Å²) < 4.78 is 64.6. The molecule has 0 aliphatic heterocycles. The summed E-state index contributed by atoms with van der Waals surface area (Å²) in [6.07, 6.45) is 2.96. The Balaban J connectivity index is 1.36. The molecule has 3 atom stereocenters. The number of pyridine rings is 1. The summed E-state index contributed by atoms with van der Waals surface area (Å²) in [4.78, 5) is 4.37. The van der Waals surface area contributed by atoms with Gasteiger partial charge >= 0.3 is 6.18 Å². The first-order valence-electron chi connectivity index (χ1n) is 12.4. The van der Waals surface area contributed by atoms with E-state index in [-0.39, 0.29) is 23.8 Å². The number of hydrogen-bond acceptors (Lipinski definition) is 3. The molecule has 190 valence electrons. The van der Waals surface area contributed by atoms with Crippen molar-refractivity contribution >= 4 is 0 Å². The fourth-order valence-electron chi connectivity index (χ4n) is 5.83. The van der Waals surface area contributed by atoms with Crippen LogP contribution in [0.3, 0.4) is 0 Å². The standard InChI is InChI=1S/C29H25F4N3O/c1-17-9-18-12-28(34-15-19(18)10-17)37-16-20-11-22-23(21-5-2-3-6-25(21)29(31,32)33)14-27(24(22)13-26(20)30)36-8-4-7-35-36/h2-8,11-13,15,17,23,27H,9-10,14,16H2,1H3. The van der Waals surface area contributed by atoms with Gasteiger partial charge in [-0.15, -0.1) is 0 Å². The first-order chi connectivity index (χ1) is 17.8. The molecule has 2 aliphatic carbocycles. The second-order valence-electron chi connectivity index (χ2n) is 10.0. The Hall–Kier alpha value is -3.68. The Bertz CT molecular complexity index is 1450. The summed E-state index contributed by atoms with van der Waals surface area (Å²) in [6.45, 7) is 2.12. The van der Waals surface area contributed by atoms with Crippen LogP contribution in [-0.4, -0.2) is 14.8 Å². The normalized spacial score (nSPS) is 20.6. The van der Waals surface area contributed by atoms with Crippen molar-refractivity contribution in [3.05, 3.63) is 112 Å². The largest absolute Gasteiger partial charge is 0.473 e. The van der Waals surface area contributed by atoms with Gasteiger partial charge in [-0.1, -0.05) is 25.1 Å². The van der Waals surface area contributed by atoms with Crippen molar-refractivity contribution in [1.29, 1.82) is 0 Å². The molecule has 0 saturated carbocycles. The second kappa shape index (κ2) is 9.01. The van der Waals surface area contributed by atoms with Gasteiger partial charge in [0.05, 0.1) is 11.6 Å². The number of fused-ring (bicyclic) bond motifs is 2. The van der Waals surface area contributed by atoms with E-state index >= 15 is 4.39 Å². The molecule has 0 N–H and O–H groups in total. The van der Waals surface area contributed by atoms with Crippen LogP contribution in [0.4, 0.5) is 17.6 Å². The lowest BCUT2D eigenvalue weighted by Crippen LogP contribution is -2.12. The van der Waals surface area contributed by atoms with Gasteiger partial charge in [-0.3, -0.25) is 4.68 Å². The van der Waals surface area contributed by atoms with Crippen LogP contribution in [0.25, 0.3) is 0 Å². The highest BCUT2D eigenvalue weighted by Crippen LogP contribution is 2.49. The Kier molecular flexibility index (Phi) is 5.77. The third-order valence-electron chi connectivity index (χ3n) is 7.50. The van der Waals surface area contributed by atoms with Crippen LogP contribution >= 0.6 is 0 Å². The van der Waals surface area contributed by atoms with Crippen molar-refractivity contribution in [2.75, 3.05) is 0 Å². The highest BCUT2D eigenvalue weighted by molar-refractivity contribution is 5.49. The molecule has 37 heavy (non-hydrogen) atoms. The molecule has 4 aromatic rings. The SMILES string of the molecule is CC1Cc2cnc(OCc3cc4c(cc3F)C(n3cccn3)CC4c3ccccc3C(F)(F)F)cc2C1. The molecule has 2 aromatic heterocycles. The molecule has 0 bridgehead atoms. The maximum Gasteiger partial charge on any atom is 0.416 e. The Morgan fingerprint density at radius 2 is 1.81 bits per heavy atom. The molecule has 0 amide bonds. The van der Waals surface area contributed by atoms with Gasteiger partial charge < -0.3 is 4.74 Å². The highest BCUT2D eigenvalue weighted by Gasteiger charge is 2.40. The van der Waals surface area contributed by atoms with E-state index in [4.69, 9.17) is 4.74 Å². The molecule has 2 aromatic carbocycles. The molecular formula is C29H25F4N3O. The zero-order valence-electron chi connectivity index (χ0n) is 20.2. The first kappa shape index (κ1) is 23.7. The van der Waals surface area contributed by atoms with Gasteiger partial charge in [-0.2, -0.15) is 18.3 Å². The first-order valence-corrected chi connectivity index (χ1v) is 12.4. The van der Waals surface area contributed by atoms with E-state index in [1.54, 1.807) is 35.3 Å². The van der Waals surface area contributed by atoms with Crippen molar-refractivity contribution in [2.45, 2.75) is 50.9 Å². The zero-order valence-corrected chi connectivity index (χ0v) is 20.2. The van der Waals surface area contributed by atoms with Gasteiger partial charge in [-0.05, 0) is 77.3 Å². The van der Waals surface area contributed by atoms with Crippen LogP contribution in [-0.2, 0) is 25.6 Å². The fraction of sp³-hybridized carbons (Fsp3) is 0.310. The summed E-state index contributed by atoms with van der Waals surface area (Å²) in [7, 11) is 0. The van der Waals surface area contributed by atoms with E-state index < -0.39 is 23.5 Å². The van der Waals surface area contributed by atoms with Gasteiger partial charge in [0.15, 0.2) is 0 Å². The topological polar surface area (TPSA) is 39.9 Å². The number of hydrogen-bond donors (Lipinski definition) is 0. The molecule has 3 unspecified atom stereocenters. The van der Waals surface area contributed by atoms with Crippen LogP contribution in [0, 0.1) is 11.7 Å². The molecule has 8 heteroatoms. The van der Waals surface area contributed by atoms with E-state index in [0.29, 0.717) is 29.3 Å². The van der Waals surface area contributed by atoms with E-state index in [0.717, 1.165) is 18.9 Å². The quantitative estimate of drug-likeness (QED) is 0.277. The van der Waals surface area contributed by atoms with Crippen LogP contribution in [0.15, 0.2) is 67.1 Å². The maximum atomic E-state index is 15.3. The average molecular weight is 508 g/mol. The van der Waals surface area contributed by atoms with Crippen molar-refractivity contribution in [2.24, 2.45) is 5.92 Å². The smallest absolute Gasteiger partial charge is 0.416 e. The molecule has 6 rings (SSSR count). The summed E-state index contributed by atoms with van der Waals surface area (Å²) >= 11 is 0. The number of aromatic nitrogens is 3. The summed E-state index contributed by atoms with van der Waals surface area (Å²) in [5.74, 6) is -0.0574. The minimum Gasteiger partial charge on any atom is -0.473 e. The number of halogens is 4. The maximum absolute atomic E-state index is 15.3. The minimum absolute atomic E-state index is 0.0689. The average Bonchev–Trinajstić information content (AvgIpc) is 3.59. The van der Waals surface area contributed by atoms with Gasteiger partial charge in [0.2, 0.25) is 5.88 Å². The number of benzene rings is 2. The Morgan fingerprint density at radius 1 is 1.00 bits per heavy atom. The number of rotatable bonds is 5. The molecule has 2 aliphatic rings. The predicted molar refractivity (Wildman–Crippen MR) is 130 cm³/mol. The fourth-order valence-corrected chi connectivity index (χ4v) is 5.83. The van der Waals surface area contributed by atoms with Crippen LogP contribution in [0.5, 0.6) is 5.88 Å². The second-order valence-corrected chi connectivity index (χ2v) is 10.0. The lowest BCUT2D eigenvalue weighted by atomic mass is 9.88. The van der Waals surface area contributed by atoms with E-state index in [1.807, 2.05) is 12.3 Å². The molecule has 0 fully saturated rings. The predicted octanol–water partition coefficient (Wildman–Crippen LogP) is 6.87. The highest BCUT2D eigenvalue weighted by atomic mass is 19.4. The molecule has 2 heterocycles. The number of nitrogens with zero attached hydrogens (tertiary/aromatic N) is 3. The van der Waals surface area contributed by atoms with Crippen LogP contribution in [0.1, 0.15) is 64.2 Å². The lowest BCUT2D eigenvalue weighted by molar-refractivity contribution is -0.138. The molecule has 0 saturated heterocycles. The van der Waals surface area contributed by atoms with E-state index in [2.05, 4.69) is 17.0 Å². The Morgan fingerprint density at radius 3 is 2.59 bits per heavy atom. The van der Waals surface area contributed by atoms with Crippen molar-refractivity contribution in [3.63, 3.8) is 0 Å². The minimum atomic E-state index is -4.50. The van der Waals surface area contributed by atoms with Crippen molar-refractivity contribution in [1.82, 2.24) is 14.8 Å². The monoisotopic (exact) mass is 507 g/mol. The molecule has 0 radical (unpaired) electrons. The Labute approximate surface area is 211 Å². The summed E-state index contributed by atoms with van der Waals surface area (Å²) in [5, 5.41) is 4.30. The van der Waals surface area contributed by atoms with Gasteiger partial charge in [-0.25, -0.2) is 9.37 Å². The van der Waals surface area contributed by atoms with E-state index in [9.17, 15) is 13.2 Å². The molecule has 0 spiro atoms. The summed E-state index contributed by atoms with van der Waals surface area (Å²) in [6, 6.07) is 12.0. The number of alkyl halides is 3. The zero-order chi connectivity index (χ0) is 25.7. The third kappa shape index (κ3) is 4.38. The van der Waals surface area contributed by atoms with Gasteiger partial charge in [0.1, 0.15) is 12.4 Å². The molecular weight excluding hydrogens is 482 g/mol. The molecule has 4 nitrogen and oxygen atoms in total. The van der Waals surface area contributed by atoms with Gasteiger partial charge in [0.25, 0.3) is 0 Å².